The van der Waals surface area contributed by atoms with Gasteiger partial charge in [0.2, 0.25) is 0 Å². The summed E-state index contributed by atoms with van der Waals surface area (Å²) < 4.78 is 18.8. The summed E-state index contributed by atoms with van der Waals surface area (Å²) in [6.07, 6.45) is 0. The van der Waals surface area contributed by atoms with Gasteiger partial charge in [0.1, 0.15) is 11.6 Å². The van der Waals surface area contributed by atoms with Gasteiger partial charge in [0.15, 0.2) is 11.7 Å². The molecule has 126 valence electrons. The highest BCUT2D eigenvalue weighted by Gasteiger charge is 2.05. The maximum absolute atomic E-state index is 13.4. The molecule has 0 atom stereocenters. The van der Waals surface area contributed by atoms with Crippen LogP contribution in [0.5, 0.6) is 5.75 Å². The van der Waals surface area contributed by atoms with Gasteiger partial charge in [0.25, 0.3) is 5.91 Å². The molecule has 2 aromatic rings. The van der Waals surface area contributed by atoms with Crippen LogP contribution in [0.4, 0.5) is 10.1 Å². The van der Waals surface area contributed by atoms with Gasteiger partial charge in [-0.05, 0) is 55.9 Å². The number of benzene rings is 2. The van der Waals surface area contributed by atoms with Gasteiger partial charge in [-0.15, -0.1) is 0 Å². The Bertz CT molecular complexity index is 735. The maximum Gasteiger partial charge on any atom is 0.276 e. The first kappa shape index (κ1) is 17.7. The number of hydrazine groups is 1. The largest absolute Gasteiger partial charge is 0.484 e. The molecular formula is C17H18FN3O2S. The maximum atomic E-state index is 13.4. The summed E-state index contributed by atoms with van der Waals surface area (Å²) in [5, 5.41) is 2.91. The number of hydrogen-bond donors (Lipinski definition) is 3. The SMILES string of the molecule is Cc1ccc(OCC(=O)NNC(=S)Nc2ccc(C)c(F)c2)cc1. The van der Waals surface area contributed by atoms with E-state index in [4.69, 9.17) is 17.0 Å². The highest BCUT2D eigenvalue weighted by molar-refractivity contribution is 7.80. The Labute approximate surface area is 145 Å². The third kappa shape index (κ3) is 5.51. The van der Waals surface area contributed by atoms with Crippen molar-refractivity contribution in [2.45, 2.75) is 13.8 Å². The van der Waals surface area contributed by atoms with E-state index in [0.29, 0.717) is 17.0 Å². The molecule has 7 heteroatoms. The average molecular weight is 347 g/mol. The van der Waals surface area contributed by atoms with E-state index in [0.717, 1.165) is 5.56 Å². The summed E-state index contributed by atoms with van der Waals surface area (Å²) in [4.78, 5) is 11.7. The quantitative estimate of drug-likeness (QED) is 0.586. The standard InChI is InChI=1S/C17H18FN3O2S/c1-11-3-7-14(8-4-11)23-10-16(22)20-21-17(24)19-13-6-5-12(2)15(18)9-13/h3-9H,10H2,1-2H3,(H,20,22)(H2,19,21,24). The average Bonchev–Trinajstić information content (AvgIpc) is 2.56. The molecule has 0 unspecified atom stereocenters. The van der Waals surface area contributed by atoms with E-state index in [1.807, 2.05) is 19.1 Å². The van der Waals surface area contributed by atoms with Gasteiger partial charge >= 0.3 is 0 Å². The molecule has 5 nitrogen and oxygen atoms in total. The van der Waals surface area contributed by atoms with Crippen LogP contribution in [-0.4, -0.2) is 17.6 Å². The fourth-order valence-corrected chi connectivity index (χ4v) is 1.95. The molecule has 3 N–H and O–H groups in total. The van der Waals surface area contributed by atoms with Crippen molar-refractivity contribution < 1.29 is 13.9 Å². The highest BCUT2D eigenvalue weighted by atomic mass is 32.1. The summed E-state index contributed by atoms with van der Waals surface area (Å²) in [5.41, 5.74) is 7.07. The van der Waals surface area contributed by atoms with E-state index < -0.39 is 5.91 Å². The molecule has 0 heterocycles. The molecule has 0 aliphatic heterocycles. The fourth-order valence-electron chi connectivity index (χ4n) is 1.78. The summed E-state index contributed by atoms with van der Waals surface area (Å²) in [6, 6.07) is 12.0. The van der Waals surface area contributed by atoms with E-state index in [1.54, 1.807) is 31.2 Å². The fraction of sp³-hybridized carbons (Fsp3) is 0.176. The number of carbonyl (C=O) groups excluding carboxylic acids is 1. The molecule has 0 aliphatic rings. The van der Waals surface area contributed by atoms with Crippen LogP contribution in [-0.2, 0) is 4.79 Å². The third-order valence-corrected chi connectivity index (χ3v) is 3.34. The number of carbonyl (C=O) groups is 1. The van der Waals surface area contributed by atoms with Gasteiger partial charge in [-0.3, -0.25) is 15.6 Å². The number of nitrogens with one attached hydrogen (secondary N) is 3. The lowest BCUT2D eigenvalue weighted by atomic mass is 10.2. The predicted octanol–water partition coefficient (Wildman–Crippen LogP) is 2.84. The molecule has 0 aliphatic carbocycles. The zero-order valence-electron chi connectivity index (χ0n) is 13.4. The Morgan fingerprint density at radius 3 is 2.50 bits per heavy atom. The molecule has 24 heavy (non-hydrogen) atoms. The van der Waals surface area contributed by atoms with Crippen molar-refractivity contribution in [3.05, 3.63) is 59.4 Å². The molecule has 0 fully saturated rings. The zero-order valence-corrected chi connectivity index (χ0v) is 14.2. The van der Waals surface area contributed by atoms with Crippen LogP contribution in [0.15, 0.2) is 42.5 Å². The van der Waals surface area contributed by atoms with Crippen LogP contribution in [0.25, 0.3) is 0 Å². The van der Waals surface area contributed by atoms with Crippen molar-refractivity contribution in [3.8, 4) is 5.75 Å². The summed E-state index contributed by atoms with van der Waals surface area (Å²) in [5.74, 6) is -0.125. The molecule has 0 aromatic heterocycles. The first-order valence-corrected chi connectivity index (χ1v) is 7.66. The third-order valence-electron chi connectivity index (χ3n) is 3.14. The van der Waals surface area contributed by atoms with E-state index in [9.17, 15) is 9.18 Å². The van der Waals surface area contributed by atoms with E-state index in [1.165, 1.54) is 6.07 Å². The Balaban J connectivity index is 1.73. The van der Waals surface area contributed by atoms with Crippen molar-refractivity contribution in [1.29, 1.82) is 0 Å². The molecule has 0 spiro atoms. The second-order valence-electron chi connectivity index (χ2n) is 5.19. The number of halogens is 1. The van der Waals surface area contributed by atoms with Crippen LogP contribution in [0, 0.1) is 19.7 Å². The second-order valence-corrected chi connectivity index (χ2v) is 5.60. The minimum atomic E-state index is -0.394. The highest BCUT2D eigenvalue weighted by Crippen LogP contribution is 2.13. The number of hydrogen-bond acceptors (Lipinski definition) is 3. The molecule has 0 saturated heterocycles. The van der Waals surface area contributed by atoms with Crippen molar-refractivity contribution in [2.75, 3.05) is 11.9 Å². The van der Waals surface area contributed by atoms with E-state index in [2.05, 4.69) is 16.2 Å². The molecule has 1 amide bonds. The number of aryl methyl sites for hydroxylation is 2. The molecule has 2 aromatic carbocycles. The lowest BCUT2D eigenvalue weighted by Gasteiger charge is -2.12. The molecular weight excluding hydrogens is 329 g/mol. The normalized spacial score (nSPS) is 9.96. The van der Waals surface area contributed by atoms with Crippen LogP contribution in [0.3, 0.4) is 0 Å². The smallest absolute Gasteiger partial charge is 0.276 e. The summed E-state index contributed by atoms with van der Waals surface area (Å²) >= 11 is 5.02. The summed E-state index contributed by atoms with van der Waals surface area (Å²) in [6.45, 7) is 3.48. The van der Waals surface area contributed by atoms with Crippen molar-refractivity contribution >= 4 is 28.9 Å². The van der Waals surface area contributed by atoms with Crippen molar-refractivity contribution in [2.24, 2.45) is 0 Å². The van der Waals surface area contributed by atoms with Crippen LogP contribution >= 0.6 is 12.2 Å². The summed E-state index contributed by atoms with van der Waals surface area (Å²) in [7, 11) is 0. The van der Waals surface area contributed by atoms with Crippen molar-refractivity contribution in [3.63, 3.8) is 0 Å². The van der Waals surface area contributed by atoms with Crippen LogP contribution in [0.2, 0.25) is 0 Å². The Morgan fingerprint density at radius 2 is 1.83 bits per heavy atom. The Morgan fingerprint density at radius 1 is 1.12 bits per heavy atom. The van der Waals surface area contributed by atoms with Gasteiger partial charge < -0.3 is 10.1 Å². The number of anilines is 1. The van der Waals surface area contributed by atoms with Gasteiger partial charge in [-0.25, -0.2) is 4.39 Å². The topological polar surface area (TPSA) is 62.4 Å². The first-order chi connectivity index (χ1) is 11.4. The lowest BCUT2D eigenvalue weighted by molar-refractivity contribution is -0.123. The predicted molar refractivity (Wildman–Crippen MR) is 95.3 cm³/mol. The number of thiocarbonyl (C=S) groups is 1. The minimum Gasteiger partial charge on any atom is -0.484 e. The zero-order chi connectivity index (χ0) is 17.5. The second kappa shape index (κ2) is 8.26. The lowest BCUT2D eigenvalue weighted by Crippen LogP contribution is -2.45. The Hall–Kier alpha value is -2.67. The monoisotopic (exact) mass is 347 g/mol. The Kier molecular flexibility index (Phi) is 6.08. The van der Waals surface area contributed by atoms with E-state index in [-0.39, 0.29) is 17.5 Å². The van der Waals surface area contributed by atoms with Gasteiger partial charge in [0, 0.05) is 5.69 Å². The number of amides is 1. The molecule has 2 rings (SSSR count). The number of rotatable bonds is 4. The minimum absolute atomic E-state index is 0.141. The molecule has 0 radical (unpaired) electrons. The first-order valence-electron chi connectivity index (χ1n) is 7.25. The van der Waals surface area contributed by atoms with Gasteiger partial charge in [0.05, 0.1) is 0 Å². The van der Waals surface area contributed by atoms with Gasteiger partial charge in [-0.2, -0.15) is 0 Å². The van der Waals surface area contributed by atoms with E-state index >= 15 is 0 Å². The van der Waals surface area contributed by atoms with Crippen molar-refractivity contribution in [1.82, 2.24) is 10.9 Å². The molecule has 0 bridgehead atoms. The molecule has 0 saturated carbocycles. The van der Waals surface area contributed by atoms with Crippen LogP contribution in [0.1, 0.15) is 11.1 Å². The van der Waals surface area contributed by atoms with Gasteiger partial charge in [-0.1, -0.05) is 23.8 Å². The number of ether oxygens (including phenoxy) is 1. The van der Waals surface area contributed by atoms with Crippen LogP contribution < -0.4 is 20.9 Å².